The molecule has 1 aliphatic carbocycles. The molecule has 27 heteroatoms. The molecule has 6 amide bonds. The molecule has 6 aromatic carbocycles. The highest BCUT2D eigenvalue weighted by atomic mass is 19.3. The number of hydrogen-bond acceptors (Lipinski definition) is 16. The first-order valence-electron chi connectivity index (χ1n) is 32.1. The molecule has 0 saturated carbocycles. The van der Waals surface area contributed by atoms with Gasteiger partial charge in [0.2, 0.25) is 17.7 Å². The number of carbonyl (C=O) groups is 7. The molecule has 5 N–H and O–H groups in total. The fourth-order valence-corrected chi connectivity index (χ4v) is 12.5. The second kappa shape index (κ2) is 29.3. The number of nitrogens with zero attached hydrogens (tertiary/aromatic N) is 7. The average Bonchev–Trinajstić information content (AvgIpc) is 0.869. The highest BCUT2D eigenvalue weighted by Gasteiger charge is 2.48. The minimum atomic E-state index is -3.22. The number of pyridine rings is 2. The molecule has 2 saturated heterocycles. The number of hydrogen-bond donors (Lipinski definition) is 5. The number of phenolic OH excluding ortho intramolecular Hbond substituents is 1. The van der Waals surface area contributed by atoms with E-state index in [1.807, 2.05) is 12.1 Å². The van der Waals surface area contributed by atoms with Crippen molar-refractivity contribution in [2.45, 2.75) is 49.6 Å². The molecule has 516 valence electrons. The molecule has 0 spiro atoms. The van der Waals surface area contributed by atoms with Gasteiger partial charge in [-0.3, -0.25) is 43.5 Å². The summed E-state index contributed by atoms with van der Waals surface area (Å²) < 4.78 is 74.5. The summed E-state index contributed by atoms with van der Waals surface area (Å²) in [6, 6.07) is 40.7. The van der Waals surface area contributed by atoms with Gasteiger partial charge < -0.3 is 54.8 Å². The minimum Gasteiger partial charge on any atom is -0.508 e. The van der Waals surface area contributed by atoms with Gasteiger partial charge in [0.1, 0.15) is 40.7 Å². The van der Waals surface area contributed by atoms with E-state index in [0.29, 0.717) is 73.8 Å². The SMILES string of the molecule is N#C[C@@H]1CC(F)(F)CN1C(=O)CNC(=O)c1ccnc2cc(-c3cccc(OCCCN(CCCOc4cccc(-c5ccc6c(C(=O)NCC(=O)N7CC(F)(F)C[C@H]7C#N)ccnc6c5)c4)C(=O)CNC(=O)c4ccc(C(=O)O)c(-c5c6ccc(=O)cc-6oc6cc(O)ccc56)c4)c3)ccc12. The first-order chi connectivity index (χ1) is 49.0. The molecule has 2 aromatic heterocycles. The van der Waals surface area contributed by atoms with Crippen LogP contribution in [0.5, 0.6) is 17.2 Å². The number of fused-ring (bicyclic) bond motifs is 4. The van der Waals surface area contributed by atoms with E-state index in [0.717, 1.165) is 20.9 Å². The van der Waals surface area contributed by atoms with Crippen LogP contribution in [0.1, 0.15) is 67.1 Å². The lowest BCUT2D eigenvalue weighted by molar-refractivity contribution is -0.132. The van der Waals surface area contributed by atoms with Crippen LogP contribution in [0.25, 0.3) is 77.5 Å². The number of rotatable bonds is 23. The van der Waals surface area contributed by atoms with E-state index in [1.165, 1.54) is 79.1 Å². The predicted molar refractivity (Wildman–Crippen MR) is 363 cm³/mol. The lowest BCUT2D eigenvalue weighted by atomic mass is 9.89. The van der Waals surface area contributed by atoms with Crippen LogP contribution in [-0.4, -0.2) is 159 Å². The number of likely N-dealkylation sites (tertiary alicyclic amines) is 2. The highest BCUT2D eigenvalue weighted by Crippen LogP contribution is 2.43. The Hall–Kier alpha value is -12.8. The van der Waals surface area contributed by atoms with Gasteiger partial charge in [-0.25, -0.2) is 22.4 Å². The fraction of sp³-hybridized carbons (Fsp3) is 0.227. The van der Waals surface area contributed by atoms with Gasteiger partial charge in [0, 0.05) is 83.3 Å². The molecule has 2 atom stereocenters. The molecule has 0 unspecified atom stereocenters. The van der Waals surface area contributed by atoms with Gasteiger partial charge >= 0.3 is 5.97 Å². The standard InChI is InChI=1S/C75H60F4N10O13/c76-74(77)34-48(36-80)88(41-74)67(93)39-85-71(96)56-19-21-82-62-30-45(9-14-54(56)62)43-5-1-7-52(27-43)100-25-3-23-87(66(92)38-84-70(95)47-11-16-58(73(98)99)61(29-47)69-59-17-12-50(90)32-64(59)102-65-33-51(91)13-18-60(65)69)24-4-26-101-53-8-2-6-44(28-53)46-10-15-55-57(20-22-83-63(55)31-46)72(97)86-40-68(94)89-42-75(78,79)35-49(89)37-81/h1-2,5-22,27-33,48-49,90H,3-4,23-26,34-35,38-42H2,(H,84,95)(H,85,96)(H,86,97)(H,98,99)/t48-,49-/m0/s1. The molecule has 3 aliphatic heterocycles. The van der Waals surface area contributed by atoms with Gasteiger partial charge in [0.05, 0.1) is 85.8 Å². The normalized spacial score (nSPS) is 15.2. The third kappa shape index (κ3) is 15.4. The first-order valence-corrected chi connectivity index (χ1v) is 32.1. The molecular formula is C75H60F4N10O13. The summed E-state index contributed by atoms with van der Waals surface area (Å²) in [5.41, 5.74) is 4.41. The van der Waals surface area contributed by atoms with Crippen LogP contribution in [0.4, 0.5) is 17.6 Å². The van der Waals surface area contributed by atoms with E-state index < -0.39 is 111 Å². The monoisotopic (exact) mass is 1380 g/mol. The smallest absolute Gasteiger partial charge is 0.336 e. The van der Waals surface area contributed by atoms with Gasteiger partial charge in [-0.15, -0.1) is 0 Å². The number of ether oxygens (including phenoxy) is 2. The van der Waals surface area contributed by atoms with Gasteiger partial charge in [-0.05, 0) is 132 Å². The van der Waals surface area contributed by atoms with Crippen LogP contribution in [-0.2, 0) is 14.4 Å². The van der Waals surface area contributed by atoms with Crippen molar-refractivity contribution in [1.29, 1.82) is 10.5 Å². The van der Waals surface area contributed by atoms with Gasteiger partial charge in [-0.1, -0.05) is 48.5 Å². The molecule has 0 radical (unpaired) electrons. The number of carbonyl (C=O) groups excluding carboxylic acids is 6. The number of carboxylic acid groups (broad SMARTS) is 1. The number of carboxylic acids is 1. The fourth-order valence-electron chi connectivity index (χ4n) is 12.5. The zero-order valence-corrected chi connectivity index (χ0v) is 54.0. The van der Waals surface area contributed by atoms with E-state index in [9.17, 15) is 76.7 Å². The van der Waals surface area contributed by atoms with Crippen molar-refractivity contribution < 1.29 is 75.2 Å². The number of alkyl halides is 4. The second-order valence-corrected chi connectivity index (χ2v) is 24.4. The number of aromatic hydroxyl groups is 1. The number of aromatic carboxylic acids is 1. The second-order valence-electron chi connectivity index (χ2n) is 24.4. The number of amides is 6. The summed E-state index contributed by atoms with van der Waals surface area (Å²) in [5.74, 6) is -11.0. The number of aromatic nitrogens is 2. The van der Waals surface area contributed by atoms with Crippen LogP contribution in [0, 0.1) is 22.7 Å². The Balaban J connectivity index is 0.714. The Labute approximate surface area is 577 Å². The Kier molecular flexibility index (Phi) is 19.9. The Morgan fingerprint density at radius 1 is 0.578 bits per heavy atom. The van der Waals surface area contributed by atoms with Crippen molar-refractivity contribution in [3.05, 3.63) is 197 Å². The largest absolute Gasteiger partial charge is 0.508 e. The van der Waals surface area contributed by atoms with Crippen LogP contribution < -0.4 is 30.9 Å². The summed E-state index contributed by atoms with van der Waals surface area (Å²) in [6.07, 6.45) is 1.88. The summed E-state index contributed by atoms with van der Waals surface area (Å²) in [7, 11) is 0. The maximum atomic E-state index is 14.3. The Morgan fingerprint density at radius 3 is 1.63 bits per heavy atom. The lowest BCUT2D eigenvalue weighted by Crippen LogP contribution is -2.43. The minimum absolute atomic E-state index is 0.000114. The predicted octanol–water partition coefficient (Wildman–Crippen LogP) is 9.87. The number of nitrogens with one attached hydrogen (secondary N) is 3. The number of benzene rings is 7. The zero-order valence-electron chi connectivity index (χ0n) is 54.0. The maximum Gasteiger partial charge on any atom is 0.336 e. The van der Waals surface area contributed by atoms with Crippen molar-refractivity contribution in [2.75, 3.05) is 59.0 Å². The first kappa shape index (κ1) is 69.1. The van der Waals surface area contributed by atoms with Crippen molar-refractivity contribution in [3.63, 3.8) is 0 Å². The molecule has 12 rings (SSSR count). The quantitative estimate of drug-likeness (QED) is 0.0226. The summed E-state index contributed by atoms with van der Waals surface area (Å²) in [6.45, 7) is -2.98. The molecule has 8 aromatic rings. The summed E-state index contributed by atoms with van der Waals surface area (Å²) in [5, 5.41) is 48.4. The number of nitriles is 2. The third-order valence-corrected chi connectivity index (χ3v) is 17.5. The van der Waals surface area contributed by atoms with Crippen LogP contribution in [0.2, 0.25) is 0 Å². The summed E-state index contributed by atoms with van der Waals surface area (Å²) in [4.78, 5) is 118. The average molecular weight is 1390 g/mol. The maximum absolute atomic E-state index is 14.3. The van der Waals surface area contributed by atoms with Crippen LogP contribution in [0.3, 0.4) is 0 Å². The highest BCUT2D eigenvalue weighted by molar-refractivity contribution is 6.11. The third-order valence-electron chi connectivity index (χ3n) is 17.5. The summed E-state index contributed by atoms with van der Waals surface area (Å²) >= 11 is 0. The van der Waals surface area contributed by atoms with Crippen molar-refractivity contribution in [3.8, 4) is 74.1 Å². The molecule has 0 bridgehead atoms. The number of halogens is 4. The van der Waals surface area contributed by atoms with Crippen LogP contribution >= 0.6 is 0 Å². The van der Waals surface area contributed by atoms with E-state index in [2.05, 4.69) is 25.9 Å². The molecule has 23 nitrogen and oxygen atoms in total. The van der Waals surface area contributed by atoms with E-state index >= 15 is 0 Å². The van der Waals surface area contributed by atoms with Gasteiger partial charge in [0.25, 0.3) is 29.6 Å². The number of phenols is 1. The lowest BCUT2D eigenvalue weighted by Gasteiger charge is -2.23. The van der Waals surface area contributed by atoms with Gasteiger partial charge in [-0.2, -0.15) is 10.5 Å². The van der Waals surface area contributed by atoms with Crippen molar-refractivity contribution in [1.82, 2.24) is 40.6 Å². The Morgan fingerprint density at radius 2 is 1.10 bits per heavy atom. The van der Waals surface area contributed by atoms with Crippen LogP contribution in [0.15, 0.2) is 173 Å². The van der Waals surface area contributed by atoms with Crippen molar-refractivity contribution >= 4 is 74.2 Å². The van der Waals surface area contributed by atoms with E-state index in [1.54, 1.807) is 89.8 Å². The topological polar surface area (TPSA) is 328 Å². The molecule has 5 heterocycles. The zero-order chi connectivity index (χ0) is 72.0. The van der Waals surface area contributed by atoms with E-state index in [4.69, 9.17) is 13.9 Å². The van der Waals surface area contributed by atoms with Gasteiger partial charge in [0.15, 0.2) is 5.43 Å². The van der Waals surface area contributed by atoms with E-state index in [-0.39, 0.29) is 76.6 Å². The molecule has 4 aliphatic rings. The molecule has 2 fully saturated rings. The Bertz CT molecular complexity index is 4930. The molecule has 102 heavy (non-hydrogen) atoms. The molecular weight excluding hydrogens is 1320 g/mol. The van der Waals surface area contributed by atoms with Crippen molar-refractivity contribution in [2.24, 2.45) is 0 Å².